The van der Waals surface area contributed by atoms with Gasteiger partial charge in [-0.2, -0.15) is 0 Å². The van der Waals surface area contributed by atoms with Gasteiger partial charge < -0.3 is 19.8 Å². The zero-order chi connectivity index (χ0) is 51.3. The van der Waals surface area contributed by atoms with Crippen LogP contribution < -0.4 is 10.2 Å². The van der Waals surface area contributed by atoms with Crippen LogP contribution >= 0.6 is 0 Å². The second-order valence-electron chi connectivity index (χ2n) is 22.3. The molecule has 71 heavy (non-hydrogen) atoms. The molecule has 0 atom stereocenters. The number of hydrogen-bond donors (Lipinski definition) is 0. The van der Waals surface area contributed by atoms with Gasteiger partial charge >= 0.3 is 37.7 Å². The molecule has 0 aromatic heterocycles. The Labute approximate surface area is 476 Å². The molecule has 0 bridgehead atoms. The maximum Gasteiger partial charge on any atom is 2.00 e. The summed E-state index contributed by atoms with van der Waals surface area (Å²) in [6, 6.07) is 0. The number of hydrogen-bond acceptors (Lipinski definition) is 6. The fraction of sp³-hybridized carbons (Fsp3) is 0.969. The molecule has 0 rings (SSSR count). The number of carbonyl (C=O) groups is 2. The summed E-state index contributed by atoms with van der Waals surface area (Å²) in [5.41, 5.74) is 0. The molecule has 0 aliphatic carbocycles. The van der Waals surface area contributed by atoms with Crippen molar-refractivity contribution in [2.75, 3.05) is 39.3 Å². The number of carbonyl (C=O) groups excluding carboxylic acids is 2. The summed E-state index contributed by atoms with van der Waals surface area (Å²) in [6.45, 7) is 13.0. The van der Waals surface area contributed by atoms with E-state index in [4.69, 9.17) is 0 Å². The first-order chi connectivity index (χ1) is 34.4. The number of nitrogens with zero attached hydrogens (tertiary/aromatic N) is 2. The van der Waals surface area contributed by atoms with Gasteiger partial charge in [0.2, 0.25) is 0 Å². The Hall–Kier alpha value is 0.120. The first kappa shape index (κ1) is 75.4. The minimum Gasteiger partial charge on any atom is -0.549 e. The topological polar surface area (TPSA) is 86.7 Å². The van der Waals surface area contributed by atoms with Gasteiger partial charge in [-0.05, 0) is 51.9 Å². The molecular weight excluding hydrogens is 901 g/mol. The van der Waals surface area contributed by atoms with Gasteiger partial charge in [-0.1, -0.05) is 336 Å². The Morgan fingerprint density at radius 3 is 0.451 bits per heavy atom. The molecule has 0 aliphatic heterocycles. The zero-order valence-corrected chi connectivity index (χ0v) is 51.5. The molecule has 0 saturated heterocycles. The second kappa shape index (κ2) is 68.1. The average Bonchev–Trinajstić information content (AvgIpc) is 3.34. The van der Waals surface area contributed by atoms with Crippen LogP contribution in [0.2, 0.25) is 0 Å². The standard InChI is InChI=1S/2C32H65NO2.Ca/c2*1-3-5-7-9-11-13-15-17-19-21-23-25-27-29-33(31-32(34)35)30-28-26-24-22-20-18-16-14-12-10-8-6-4-2;/h2*3-31H2,1-2H3,(H,34,35);/q;;+2/p-2. The molecule has 0 N–H and O–H groups in total. The molecule has 0 aliphatic rings. The minimum absolute atomic E-state index is 0. The van der Waals surface area contributed by atoms with Crippen LogP contribution in [0.5, 0.6) is 0 Å². The Morgan fingerprint density at radius 2 is 0.338 bits per heavy atom. The van der Waals surface area contributed by atoms with Gasteiger partial charge in [-0.25, -0.2) is 0 Å². The third-order valence-corrected chi connectivity index (χ3v) is 15.0. The van der Waals surface area contributed by atoms with E-state index in [2.05, 4.69) is 37.5 Å². The monoisotopic (exact) mass is 1030 g/mol. The average molecular weight is 1030 g/mol. The van der Waals surface area contributed by atoms with Crippen molar-refractivity contribution in [2.24, 2.45) is 0 Å². The Kier molecular flexibility index (Phi) is 72.3. The maximum atomic E-state index is 11.1. The first-order valence-corrected chi connectivity index (χ1v) is 32.2. The summed E-state index contributed by atoms with van der Waals surface area (Å²) in [5.74, 6) is -1.84. The van der Waals surface area contributed by atoms with E-state index in [-0.39, 0.29) is 50.8 Å². The molecule has 0 saturated carbocycles. The van der Waals surface area contributed by atoms with Gasteiger partial charge in [-0.15, -0.1) is 0 Å². The van der Waals surface area contributed by atoms with Gasteiger partial charge in [0.15, 0.2) is 0 Å². The molecule has 0 unspecified atom stereocenters. The van der Waals surface area contributed by atoms with Crippen LogP contribution in [0.15, 0.2) is 0 Å². The summed E-state index contributed by atoms with van der Waals surface area (Å²) in [5, 5.41) is 22.2. The quantitative estimate of drug-likeness (QED) is 0.0446. The summed E-state index contributed by atoms with van der Waals surface area (Å²) >= 11 is 0. The van der Waals surface area contributed by atoms with Crippen LogP contribution in [-0.4, -0.2) is 98.7 Å². The van der Waals surface area contributed by atoms with Crippen LogP contribution in [-0.2, 0) is 9.59 Å². The predicted octanol–water partition coefficient (Wildman–Crippen LogP) is 18.1. The van der Waals surface area contributed by atoms with Crippen molar-refractivity contribution in [3.8, 4) is 0 Å². The van der Waals surface area contributed by atoms with Crippen molar-refractivity contribution in [2.45, 2.75) is 362 Å². The summed E-state index contributed by atoms with van der Waals surface area (Å²) < 4.78 is 0. The van der Waals surface area contributed by atoms with Gasteiger partial charge in [-0.3, -0.25) is 9.80 Å². The van der Waals surface area contributed by atoms with Crippen LogP contribution in [0.25, 0.3) is 0 Å². The number of aliphatic carboxylic acids is 2. The summed E-state index contributed by atoms with van der Waals surface area (Å²) in [7, 11) is 0. The molecule has 7 heteroatoms. The van der Waals surface area contributed by atoms with Crippen molar-refractivity contribution in [1.82, 2.24) is 9.80 Å². The SMILES string of the molecule is CCCCCCCCCCCCCCCN(CCCCCCCCCCCCCCC)CC(=O)[O-].CCCCCCCCCCCCCCCN(CCCCCCCCCCCCCCC)CC(=O)[O-].[Ca+2]. The van der Waals surface area contributed by atoms with Crippen LogP contribution in [0.1, 0.15) is 362 Å². The molecule has 0 heterocycles. The third-order valence-electron chi connectivity index (χ3n) is 15.0. The van der Waals surface area contributed by atoms with E-state index in [1.807, 2.05) is 0 Å². The molecule has 0 aromatic rings. The Bertz CT molecular complexity index is 848. The van der Waals surface area contributed by atoms with E-state index in [1.54, 1.807) is 0 Å². The van der Waals surface area contributed by atoms with Crippen molar-refractivity contribution in [3.05, 3.63) is 0 Å². The maximum absolute atomic E-state index is 11.1. The normalized spacial score (nSPS) is 11.4. The smallest absolute Gasteiger partial charge is 0.549 e. The number of rotatable bonds is 60. The summed E-state index contributed by atoms with van der Waals surface area (Å²) in [6.07, 6.45) is 70.4. The Morgan fingerprint density at radius 1 is 0.225 bits per heavy atom. The fourth-order valence-corrected chi connectivity index (χ4v) is 10.3. The van der Waals surface area contributed by atoms with E-state index in [0.29, 0.717) is 0 Å². The molecule has 0 amide bonds. The van der Waals surface area contributed by atoms with Gasteiger partial charge in [0.1, 0.15) is 0 Å². The van der Waals surface area contributed by atoms with E-state index >= 15 is 0 Å². The number of unbranched alkanes of at least 4 members (excludes halogenated alkanes) is 48. The third kappa shape index (κ3) is 70.1. The zero-order valence-electron chi connectivity index (χ0n) is 49.2. The van der Waals surface area contributed by atoms with Gasteiger partial charge in [0, 0.05) is 13.1 Å². The van der Waals surface area contributed by atoms with Crippen molar-refractivity contribution >= 4 is 49.7 Å². The van der Waals surface area contributed by atoms with Crippen molar-refractivity contribution in [3.63, 3.8) is 0 Å². The first-order valence-electron chi connectivity index (χ1n) is 32.2. The number of carboxylic acids is 2. The minimum atomic E-state index is -0.922. The van der Waals surface area contributed by atoms with Crippen molar-refractivity contribution < 1.29 is 19.8 Å². The predicted molar refractivity (Wildman–Crippen MR) is 311 cm³/mol. The molecule has 6 nitrogen and oxygen atoms in total. The van der Waals surface area contributed by atoms with E-state index in [9.17, 15) is 19.8 Å². The molecule has 0 spiro atoms. The molecule has 0 aromatic carbocycles. The molecule has 0 fully saturated rings. The fourth-order valence-electron chi connectivity index (χ4n) is 10.3. The van der Waals surface area contributed by atoms with Crippen molar-refractivity contribution in [1.29, 1.82) is 0 Å². The molecule has 420 valence electrons. The van der Waals surface area contributed by atoms with Crippen LogP contribution in [0.3, 0.4) is 0 Å². The van der Waals surface area contributed by atoms with Gasteiger partial charge in [0.25, 0.3) is 0 Å². The van der Waals surface area contributed by atoms with E-state index < -0.39 is 11.9 Å². The van der Waals surface area contributed by atoms with E-state index in [1.165, 1.54) is 308 Å². The molecule has 0 radical (unpaired) electrons. The summed E-state index contributed by atoms with van der Waals surface area (Å²) in [4.78, 5) is 26.5. The largest absolute Gasteiger partial charge is 2.00 e. The van der Waals surface area contributed by atoms with Gasteiger partial charge in [0.05, 0.1) is 11.9 Å². The second-order valence-corrected chi connectivity index (χ2v) is 22.3. The van der Waals surface area contributed by atoms with Crippen LogP contribution in [0.4, 0.5) is 0 Å². The Balaban J connectivity index is -0.00000128. The molecular formula is C64H128CaN2O4. The van der Waals surface area contributed by atoms with Crippen LogP contribution in [0, 0.1) is 0 Å². The van der Waals surface area contributed by atoms with E-state index in [0.717, 1.165) is 51.9 Å². The number of carboxylic acid groups (broad SMARTS) is 2.